The molecule has 2 aromatic carbocycles. The van der Waals surface area contributed by atoms with Gasteiger partial charge in [0.05, 0.1) is 6.10 Å². The lowest BCUT2D eigenvalue weighted by molar-refractivity contribution is 0.125. The Morgan fingerprint density at radius 1 is 0.971 bits per heavy atom. The Morgan fingerprint density at radius 2 is 1.59 bits per heavy atom. The number of ether oxygens (including phenoxy) is 1. The van der Waals surface area contributed by atoms with Crippen molar-refractivity contribution < 1.29 is 9.84 Å². The lowest BCUT2D eigenvalue weighted by atomic mass is 10.1. The Labute approximate surface area is 205 Å². The van der Waals surface area contributed by atoms with Crippen LogP contribution >= 0.6 is 0 Å². The average Bonchev–Trinajstić information content (AvgIpc) is 3.59. The summed E-state index contributed by atoms with van der Waals surface area (Å²) in [5, 5.41) is 9.92. The van der Waals surface area contributed by atoms with E-state index in [9.17, 15) is 5.11 Å². The van der Waals surface area contributed by atoms with Crippen molar-refractivity contribution in [3.05, 3.63) is 114 Å². The number of likely N-dealkylation sites (tertiary alicyclic amines) is 1. The molecule has 1 aromatic heterocycles. The van der Waals surface area contributed by atoms with E-state index in [0.717, 1.165) is 37.3 Å². The number of H-pyrrole nitrogens is 1. The molecule has 1 saturated heterocycles. The van der Waals surface area contributed by atoms with Crippen molar-refractivity contribution in [1.29, 1.82) is 0 Å². The molecule has 0 radical (unpaired) electrons. The Kier molecular flexibility index (Phi) is 13.2. The van der Waals surface area contributed by atoms with Crippen molar-refractivity contribution in [2.45, 2.75) is 45.8 Å². The molecule has 1 aliphatic rings. The molecule has 0 saturated carbocycles. The van der Waals surface area contributed by atoms with Crippen molar-refractivity contribution in [1.82, 2.24) is 9.88 Å². The topological polar surface area (TPSA) is 48.5 Å². The molecule has 4 rings (SSSR count). The van der Waals surface area contributed by atoms with Gasteiger partial charge in [0.15, 0.2) is 0 Å². The molecule has 3 aromatic rings. The van der Waals surface area contributed by atoms with Crippen LogP contribution < -0.4 is 0 Å². The second kappa shape index (κ2) is 16.5. The molecule has 0 spiro atoms. The summed E-state index contributed by atoms with van der Waals surface area (Å²) >= 11 is 0. The molecule has 1 fully saturated rings. The van der Waals surface area contributed by atoms with Crippen LogP contribution in [0.25, 0.3) is 6.08 Å². The van der Waals surface area contributed by atoms with Crippen LogP contribution in [0.5, 0.6) is 0 Å². The SMILES string of the molecule is C=C(/C=C\c1ccc[nH]1)OCc1ccccc1.CC.OC(Cc1ccccc1)CN1CCCC1. The number of aromatic nitrogens is 1. The van der Waals surface area contributed by atoms with E-state index in [1.807, 2.05) is 92.9 Å². The summed E-state index contributed by atoms with van der Waals surface area (Å²) < 4.78 is 5.53. The second-order valence-corrected chi connectivity index (χ2v) is 8.05. The van der Waals surface area contributed by atoms with Crippen LogP contribution in [0.2, 0.25) is 0 Å². The van der Waals surface area contributed by atoms with Crippen molar-refractivity contribution in [2.75, 3.05) is 19.6 Å². The number of allylic oxidation sites excluding steroid dienone is 1. The zero-order valence-corrected chi connectivity index (χ0v) is 20.7. The maximum Gasteiger partial charge on any atom is 0.113 e. The Balaban J connectivity index is 0.000000225. The third-order valence-corrected chi connectivity index (χ3v) is 5.32. The quantitative estimate of drug-likeness (QED) is 0.284. The molecule has 1 atom stereocenters. The van der Waals surface area contributed by atoms with Crippen LogP contribution in [0, 0.1) is 0 Å². The van der Waals surface area contributed by atoms with Crippen molar-refractivity contribution in [3.63, 3.8) is 0 Å². The summed E-state index contributed by atoms with van der Waals surface area (Å²) in [6, 6.07) is 24.2. The molecule has 2 N–H and O–H groups in total. The first-order chi connectivity index (χ1) is 16.7. The summed E-state index contributed by atoms with van der Waals surface area (Å²) in [6.45, 7) is 11.5. The Morgan fingerprint density at radius 3 is 2.18 bits per heavy atom. The summed E-state index contributed by atoms with van der Waals surface area (Å²) in [5.74, 6) is 0.656. The van der Waals surface area contributed by atoms with E-state index in [1.54, 1.807) is 0 Å². The lowest BCUT2D eigenvalue weighted by Gasteiger charge is -2.19. The number of benzene rings is 2. The highest BCUT2D eigenvalue weighted by Gasteiger charge is 2.15. The summed E-state index contributed by atoms with van der Waals surface area (Å²) in [5.41, 5.74) is 3.40. The van der Waals surface area contributed by atoms with Crippen molar-refractivity contribution in [2.24, 2.45) is 0 Å². The minimum atomic E-state index is -0.217. The summed E-state index contributed by atoms with van der Waals surface area (Å²) in [6.07, 6.45) is 8.81. The Hall–Kier alpha value is -3.08. The number of β-amino-alcohol motifs (C(OH)–C–C–N with tert-alkyl or cyclic N) is 1. The predicted octanol–water partition coefficient (Wildman–Crippen LogP) is 6.47. The maximum atomic E-state index is 9.92. The van der Waals surface area contributed by atoms with Crippen molar-refractivity contribution in [3.8, 4) is 0 Å². The van der Waals surface area contributed by atoms with Gasteiger partial charge in [-0.05, 0) is 67.8 Å². The maximum absolute atomic E-state index is 9.92. The fourth-order valence-corrected chi connectivity index (χ4v) is 3.64. The number of aliphatic hydroxyl groups excluding tert-OH is 1. The smallest absolute Gasteiger partial charge is 0.113 e. The van der Waals surface area contributed by atoms with Gasteiger partial charge in [0.25, 0.3) is 0 Å². The number of nitrogens with one attached hydrogen (secondary N) is 1. The third kappa shape index (κ3) is 11.2. The fraction of sp³-hybridized carbons (Fsp3) is 0.333. The van der Waals surface area contributed by atoms with Gasteiger partial charge >= 0.3 is 0 Å². The summed E-state index contributed by atoms with van der Waals surface area (Å²) in [4.78, 5) is 5.44. The van der Waals surface area contributed by atoms with Crippen LogP contribution in [0.3, 0.4) is 0 Å². The number of nitrogens with zero attached hydrogens (tertiary/aromatic N) is 1. The van der Waals surface area contributed by atoms with E-state index in [1.165, 1.54) is 18.4 Å². The molecular formula is C30H40N2O2. The number of rotatable bonds is 9. The number of aliphatic hydroxyl groups is 1. The van der Waals surface area contributed by atoms with Gasteiger partial charge in [0.2, 0.25) is 0 Å². The zero-order valence-electron chi connectivity index (χ0n) is 20.7. The monoisotopic (exact) mass is 460 g/mol. The normalized spacial score (nSPS) is 14.0. The number of aromatic amines is 1. The van der Waals surface area contributed by atoms with Crippen LogP contribution in [-0.4, -0.2) is 40.7 Å². The zero-order chi connectivity index (χ0) is 24.4. The van der Waals surface area contributed by atoms with E-state index in [2.05, 4.69) is 28.6 Å². The van der Waals surface area contributed by atoms with Crippen molar-refractivity contribution >= 4 is 6.08 Å². The molecule has 182 valence electrons. The number of hydrogen-bond donors (Lipinski definition) is 2. The van der Waals surface area contributed by atoms with Crippen LogP contribution in [-0.2, 0) is 17.8 Å². The van der Waals surface area contributed by atoms with E-state index in [0.29, 0.717) is 12.4 Å². The van der Waals surface area contributed by atoms with Gasteiger partial charge in [-0.2, -0.15) is 0 Å². The minimum absolute atomic E-state index is 0.217. The van der Waals surface area contributed by atoms with Gasteiger partial charge in [-0.15, -0.1) is 0 Å². The molecule has 0 aliphatic carbocycles. The van der Waals surface area contributed by atoms with Crippen LogP contribution in [0.15, 0.2) is 97.4 Å². The van der Waals surface area contributed by atoms with Gasteiger partial charge in [-0.25, -0.2) is 0 Å². The predicted molar refractivity (Wildman–Crippen MR) is 143 cm³/mol. The first-order valence-electron chi connectivity index (χ1n) is 12.3. The van der Waals surface area contributed by atoms with Crippen LogP contribution in [0.1, 0.15) is 43.5 Å². The number of hydrogen-bond acceptors (Lipinski definition) is 3. The van der Waals surface area contributed by atoms with E-state index < -0.39 is 0 Å². The molecule has 2 heterocycles. The average molecular weight is 461 g/mol. The highest BCUT2D eigenvalue weighted by atomic mass is 16.5. The fourth-order valence-electron chi connectivity index (χ4n) is 3.64. The van der Waals surface area contributed by atoms with E-state index in [-0.39, 0.29) is 6.10 Å². The Bertz CT molecular complexity index is 915. The van der Waals surface area contributed by atoms with E-state index in [4.69, 9.17) is 4.74 Å². The first kappa shape index (κ1) is 27.2. The van der Waals surface area contributed by atoms with E-state index >= 15 is 0 Å². The molecule has 1 aliphatic heterocycles. The highest BCUT2D eigenvalue weighted by molar-refractivity contribution is 5.47. The minimum Gasteiger partial charge on any atom is -0.490 e. The second-order valence-electron chi connectivity index (χ2n) is 8.05. The first-order valence-corrected chi connectivity index (χ1v) is 12.3. The molecule has 34 heavy (non-hydrogen) atoms. The van der Waals surface area contributed by atoms with Gasteiger partial charge < -0.3 is 19.7 Å². The molecule has 4 nitrogen and oxygen atoms in total. The molecule has 4 heteroatoms. The molecule has 0 bridgehead atoms. The standard InChI is InChI=1S/C15H15NO.C13H19NO.C2H6/c1-13(9-10-15-8-5-11-16-15)17-12-14-6-3-2-4-7-14;15-13(11-14-8-4-5-9-14)10-12-6-2-1-3-7-12;1-2/h2-11,16H,1,12H2;1-3,6-7,13,15H,4-5,8-11H2;1-2H3/b10-9-;;. The van der Waals surface area contributed by atoms with Gasteiger partial charge in [0.1, 0.15) is 12.4 Å². The van der Waals surface area contributed by atoms with Gasteiger partial charge in [-0.3, -0.25) is 0 Å². The largest absolute Gasteiger partial charge is 0.490 e. The van der Waals surface area contributed by atoms with Crippen LogP contribution in [0.4, 0.5) is 0 Å². The van der Waals surface area contributed by atoms with Gasteiger partial charge in [-0.1, -0.05) is 81.1 Å². The molecular weight excluding hydrogens is 420 g/mol. The molecule has 1 unspecified atom stereocenters. The lowest BCUT2D eigenvalue weighted by Crippen LogP contribution is -2.31. The van der Waals surface area contributed by atoms with Gasteiger partial charge in [0, 0.05) is 18.4 Å². The summed E-state index contributed by atoms with van der Waals surface area (Å²) in [7, 11) is 0. The molecule has 0 amide bonds. The third-order valence-electron chi connectivity index (χ3n) is 5.32. The highest BCUT2D eigenvalue weighted by Crippen LogP contribution is 2.10.